The Morgan fingerprint density at radius 1 is 1.00 bits per heavy atom. The molecule has 1 saturated heterocycles. The second-order valence-corrected chi connectivity index (χ2v) is 7.10. The number of rotatable bonds is 4. The highest BCUT2D eigenvalue weighted by Gasteiger charge is 2.16. The maximum atomic E-state index is 6.29. The van der Waals surface area contributed by atoms with Gasteiger partial charge >= 0.3 is 0 Å². The third kappa shape index (κ3) is 3.61. The van der Waals surface area contributed by atoms with Gasteiger partial charge in [-0.2, -0.15) is 0 Å². The topological polar surface area (TPSA) is 73.2 Å². The van der Waals surface area contributed by atoms with E-state index in [2.05, 4.69) is 55.4 Å². The number of benzene rings is 1. The van der Waals surface area contributed by atoms with Gasteiger partial charge in [0.25, 0.3) is 0 Å². The molecule has 27 heavy (non-hydrogen) atoms. The number of H-pyrrole nitrogens is 1. The summed E-state index contributed by atoms with van der Waals surface area (Å²) in [7, 11) is 4.08. The quantitative estimate of drug-likeness (QED) is 0.666. The van der Waals surface area contributed by atoms with Crippen molar-refractivity contribution in [1.29, 1.82) is 0 Å². The summed E-state index contributed by atoms with van der Waals surface area (Å²) < 4.78 is 0. The summed E-state index contributed by atoms with van der Waals surface area (Å²) in [4.78, 5) is 12.5. The molecule has 0 bridgehead atoms. The molecule has 1 aliphatic rings. The number of piperazine rings is 1. The molecule has 1 aliphatic heterocycles. The van der Waals surface area contributed by atoms with Gasteiger partial charge in [-0.15, -0.1) is 0 Å². The second kappa shape index (κ2) is 7.32. The number of nitrogen functional groups attached to an aromatic ring is 1. The van der Waals surface area contributed by atoms with Crippen LogP contribution in [0.5, 0.6) is 0 Å². The van der Waals surface area contributed by atoms with E-state index < -0.39 is 0 Å². The van der Waals surface area contributed by atoms with Gasteiger partial charge in [0, 0.05) is 69.0 Å². The van der Waals surface area contributed by atoms with Crippen LogP contribution < -0.4 is 20.9 Å². The average molecular weight is 362 g/mol. The normalized spacial score (nSPS) is 14.4. The number of nitrogens with zero attached hydrogens (tertiary/aromatic N) is 3. The van der Waals surface area contributed by atoms with Crippen LogP contribution >= 0.6 is 0 Å². The molecule has 0 atom stereocenters. The zero-order valence-electron chi connectivity index (χ0n) is 15.9. The SMILES string of the molecule is CN(C)c1ccc(-c2cc(-c3cc(N)c(N4CCNCC4)[nH]3)ccn2)cc1. The molecule has 0 amide bonds. The van der Waals surface area contributed by atoms with E-state index in [-0.39, 0.29) is 0 Å². The maximum absolute atomic E-state index is 6.29. The fourth-order valence-electron chi connectivity index (χ4n) is 3.45. The third-order valence-corrected chi connectivity index (χ3v) is 5.01. The number of aromatic amines is 1. The molecule has 6 heteroatoms. The molecule has 3 heterocycles. The predicted molar refractivity (Wildman–Crippen MR) is 113 cm³/mol. The van der Waals surface area contributed by atoms with Gasteiger partial charge in [-0.25, -0.2) is 0 Å². The number of pyridine rings is 1. The van der Waals surface area contributed by atoms with E-state index in [1.807, 2.05) is 32.4 Å². The molecule has 3 aromatic rings. The van der Waals surface area contributed by atoms with Gasteiger partial charge < -0.3 is 25.8 Å². The summed E-state index contributed by atoms with van der Waals surface area (Å²) in [5.74, 6) is 1.01. The van der Waals surface area contributed by atoms with Crippen molar-refractivity contribution >= 4 is 17.2 Å². The molecular formula is C21H26N6. The summed E-state index contributed by atoms with van der Waals surface area (Å²) in [6.45, 7) is 3.89. The minimum atomic E-state index is 0.792. The lowest BCUT2D eigenvalue weighted by molar-refractivity contribution is 0.586. The van der Waals surface area contributed by atoms with E-state index in [0.29, 0.717) is 0 Å². The van der Waals surface area contributed by atoms with Crippen LogP contribution in [0.2, 0.25) is 0 Å². The average Bonchev–Trinajstić information content (AvgIpc) is 3.10. The van der Waals surface area contributed by atoms with Crippen molar-refractivity contribution < 1.29 is 0 Å². The first kappa shape index (κ1) is 17.4. The zero-order chi connectivity index (χ0) is 18.8. The Hall–Kier alpha value is -2.99. The molecule has 4 N–H and O–H groups in total. The van der Waals surface area contributed by atoms with E-state index >= 15 is 0 Å². The number of hydrogen-bond acceptors (Lipinski definition) is 5. The van der Waals surface area contributed by atoms with Crippen molar-refractivity contribution in [3.05, 3.63) is 48.7 Å². The van der Waals surface area contributed by atoms with Crippen molar-refractivity contribution in [2.24, 2.45) is 0 Å². The molecule has 2 aromatic heterocycles. The fraction of sp³-hybridized carbons (Fsp3) is 0.286. The molecule has 1 fully saturated rings. The van der Waals surface area contributed by atoms with Crippen LogP contribution in [-0.2, 0) is 0 Å². The third-order valence-electron chi connectivity index (χ3n) is 5.01. The molecule has 0 unspecified atom stereocenters. The lowest BCUT2D eigenvalue weighted by Gasteiger charge is -2.28. The molecule has 4 rings (SSSR count). The summed E-state index contributed by atoms with van der Waals surface area (Å²) >= 11 is 0. The lowest BCUT2D eigenvalue weighted by Crippen LogP contribution is -2.43. The standard InChI is InChI=1S/C21H26N6/c1-26(2)17-5-3-15(4-6-17)19-13-16(7-8-24-19)20-14-18(22)21(25-20)27-11-9-23-10-12-27/h3-8,13-14,23,25H,9-12,22H2,1-2H3. The number of aromatic nitrogens is 2. The van der Waals surface area contributed by atoms with Gasteiger partial charge in [0.05, 0.1) is 11.4 Å². The Labute approximate surface area is 160 Å². The van der Waals surface area contributed by atoms with Crippen LogP contribution in [-0.4, -0.2) is 50.2 Å². The first-order valence-corrected chi connectivity index (χ1v) is 9.30. The molecule has 0 saturated carbocycles. The summed E-state index contributed by atoms with van der Waals surface area (Å²) in [5.41, 5.74) is 12.4. The molecule has 0 aliphatic carbocycles. The van der Waals surface area contributed by atoms with Crippen LogP contribution in [0.4, 0.5) is 17.2 Å². The van der Waals surface area contributed by atoms with Crippen molar-refractivity contribution in [2.75, 3.05) is 55.8 Å². The first-order chi connectivity index (χ1) is 13.1. The molecule has 1 aromatic carbocycles. The minimum Gasteiger partial charge on any atom is -0.396 e. The minimum absolute atomic E-state index is 0.792. The van der Waals surface area contributed by atoms with Crippen molar-refractivity contribution in [3.63, 3.8) is 0 Å². The summed E-state index contributed by atoms with van der Waals surface area (Å²) in [5, 5.41) is 3.37. The number of hydrogen-bond donors (Lipinski definition) is 3. The smallest absolute Gasteiger partial charge is 0.130 e. The van der Waals surface area contributed by atoms with E-state index in [1.54, 1.807) is 0 Å². The van der Waals surface area contributed by atoms with E-state index in [9.17, 15) is 0 Å². The van der Waals surface area contributed by atoms with E-state index in [0.717, 1.165) is 60.2 Å². The lowest BCUT2D eigenvalue weighted by atomic mass is 10.1. The van der Waals surface area contributed by atoms with Crippen molar-refractivity contribution in [2.45, 2.75) is 0 Å². The Morgan fingerprint density at radius 3 is 2.44 bits per heavy atom. The molecule has 140 valence electrons. The highest BCUT2D eigenvalue weighted by atomic mass is 15.2. The second-order valence-electron chi connectivity index (χ2n) is 7.10. The molecular weight excluding hydrogens is 336 g/mol. The van der Waals surface area contributed by atoms with Gasteiger partial charge in [-0.3, -0.25) is 4.98 Å². The summed E-state index contributed by atoms with van der Waals surface area (Å²) in [6.07, 6.45) is 1.85. The van der Waals surface area contributed by atoms with Gasteiger partial charge in [-0.05, 0) is 30.3 Å². The highest BCUT2D eigenvalue weighted by molar-refractivity contribution is 5.77. The van der Waals surface area contributed by atoms with E-state index in [4.69, 9.17) is 5.73 Å². The Bertz CT molecular complexity index is 907. The van der Waals surface area contributed by atoms with Crippen LogP contribution in [0, 0.1) is 0 Å². The zero-order valence-corrected chi connectivity index (χ0v) is 15.9. The van der Waals surface area contributed by atoms with Gasteiger partial charge in [0.15, 0.2) is 0 Å². The largest absolute Gasteiger partial charge is 0.396 e. The highest BCUT2D eigenvalue weighted by Crippen LogP contribution is 2.31. The van der Waals surface area contributed by atoms with Crippen LogP contribution in [0.15, 0.2) is 48.7 Å². The fourth-order valence-corrected chi connectivity index (χ4v) is 3.45. The number of nitrogens with two attached hydrogens (primary N) is 1. The maximum Gasteiger partial charge on any atom is 0.130 e. The Kier molecular flexibility index (Phi) is 4.73. The van der Waals surface area contributed by atoms with Crippen LogP contribution in [0.1, 0.15) is 0 Å². The van der Waals surface area contributed by atoms with Crippen molar-refractivity contribution in [1.82, 2.24) is 15.3 Å². The van der Waals surface area contributed by atoms with Crippen molar-refractivity contribution in [3.8, 4) is 22.5 Å². The number of nitrogens with one attached hydrogen (secondary N) is 2. The van der Waals surface area contributed by atoms with Crippen LogP contribution in [0.25, 0.3) is 22.5 Å². The van der Waals surface area contributed by atoms with Gasteiger partial charge in [0.2, 0.25) is 0 Å². The van der Waals surface area contributed by atoms with Crippen LogP contribution in [0.3, 0.4) is 0 Å². The van der Waals surface area contributed by atoms with Gasteiger partial charge in [-0.1, -0.05) is 12.1 Å². The Morgan fingerprint density at radius 2 is 1.74 bits per heavy atom. The van der Waals surface area contributed by atoms with Gasteiger partial charge in [0.1, 0.15) is 5.82 Å². The molecule has 0 spiro atoms. The Balaban J connectivity index is 1.62. The van der Waals surface area contributed by atoms with E-state index in [1.165, 1.54) is 5.69 Å². The molecule has 0 radical (unpaired) electrons. The molecule has 6 nitrogen and oxygen atoms in total. The predicted octanol–water partition coefficient (Wildman–Crippen LogP) is 2.80. The summed E-state index contributed by atoms with van der Waals surface area (Å²) in [6, 6.07) is 14.6. The number of anilines is 3. The monoisotopic (exact) mass is 362 g/mol. The first-order valence-electron chi connectivity index (χ1n) is 9.30.